The highest BCUT2D eigenvalue weighted by molar-refractivity contribution is 5.91. The minimum Gasteiger partial charge on any atom is -0.496 e. The topological polar surface area (TPSA) is 92.5 Å². The van der Waals surface area contributed by atoms with Crippen LogP contribution < -0.4 is 10.1 Å². The quantitative estimate of drug-likeness (QED) is 0.541. The number of aliphatic hydroxyl groups is 1. The van der Waals surface area contributed by atoms with Gasteiger partial charge in [0.1, 0.15) is 5.75 Å². The van der Waals surface area contributed by atoms with Crippen molar-refractivity contribution in [3.05, 3.63) is 53.9 Å². The van der Waals surface area contributed by atoms with Crippen LogP contribution in [0.4, 0.5) is 0 Å². The summed E-state index contributed by atoms with van der Waals surface area (Å²) in [4.78, 5) is 14.6. The van der Waals surface area contributed by atoms with Gasteiger partial charge < -0.3 is 15.2 Å². The Morgan fingerprint density at radius 1 is 1.29 bits per heavy atom. The zero-order valence-corrected chi connectivity index (χ0v) is 17.8. The number of hydrogen-bond donors (Lipinski definition) is 2. The number of amides is 1. The molecule has 0 saturated carbocycles. The first-order chi connectivity index (χ1) is 15.2. The Hall–Kier alpha value is -2.97. The molecule has 1 saturated heterocycles. The summed E-state index contributed by atoms with van der Waals surface area (Å²) in [5.74, 6) is 0.649. The number of nitrogens with zero attached hydrogens (tertiary/aromatic N) is 4. The average Bonchev–Trinajstić information content (AvgIpc) is 3.30. The number of rotatable bonds is 8. The number of benzene rings is 2. The van der Waals surface area contributed by atoms with Gasteiger partial charge >= 0.3 is 0 Å². The summed E-state index contributed by atoms with van der Waals surface area (Å²) in [6, 6.07) is 12.7. The maximum Gasteiger partial charge on any atom is 0.273 e. The maximum atomic E-state index is 12.2. The smallest absolute Gasteiger partial charge is 0.273 e. The normalized spacial score (nSPS) is 17.0. The van der Waals surface area contributed by atoms with Gasteiger partial charge in [0.2, 0.25) is 0 Å². The van der Waals surface area contributed by atoms with Gasteiger partial charge in [0.25, 0.3) is 5.91 Å². The fraction of sp³-hybridized carbons (Fsp3) is 0.435. The van der Waals surface area contributed by atoms with Crippen LogP contribution in [0.1, 0.15) is 41.4 Å². The van der Waals surface area contributed by atoms with Crippen molar-refractivity contribution in [1.29, 1.82) is 0 Å². The first kappa shape index (κ1) is 21.3. The van der Waals surface area contributed by atoms with Crippen LogP contribution in [-0.4, -0.2) is 64.3 Å². The molecule has 2 heterocycles. The van der Waals surface area contributed by atoms with Gasteiger partial charge in [-0.15, -0.1) is 5.10 Å². The number of carbonyl (C=O) groups excluding carboxylic acids is 1. The molecule has 0 radical (unpaired) electrons. The summed E-state index contributed by atoms with van der Waals surface area (Å²) in [5.41, 5.74) is 1.51. The lowest BCUT2D eigenvalue weighted by molar-refractivity contribution is 0.0946. The molecule has 2 N–H and O–H groups in total. The van der Waals surface area contributed by atoms with E-state index in [-0.39, 0.29) is 18.6 Å². The minimum absolute atomic E-state index is 0.0480. The van der Waals surface area contributed by atoms with Crippen molar-refractivity contribution >= 4 is 16.7 Å². The van der Waals surface area contributed by atoms with Crippen molar-refractivity contribution < 1.29 is 14.6 Å². The number of carbonyl (C=O) groups is 1. The molecule has 1 aliphatic heterocycles. The summed E-state index contributed by atoms with van der Waals surface area (Å²) >= 11 is 0. The van der Waals surface area contributed by atoms with Crippen molar-refractivity contribution in [2.24, 2.45) is 0 Å². The molecule has 31 heavy (non-hydrogen) atoms. The standard InChI is InChI=1S/C23H29N5O3/c1-31-22-10-9-17-6-2-3-8-19(17)20(22)15-27-12-4-7-18(14-27)28-16-21(25-26-28)23(30)24-11-5-13-29/h2-3,6,8-10,16,18,29H,4-5,7,11-15H2,1H3,(H,24,30)/t18-/m0/s1. The van der Waals surface area contributed by atoms with Crippen LogP contribution in [-0.2, 0) is 6.54 Å². The molecule has 8 nitrogen and oxygen atoms in total. The van der Waals surface area contributed by atoms with Gasteiger partial charge in [0, 0.05) is 31.8 Å². The highest BCUT2D eigenvalue weighted by Gasteiger charge is 2.24. The van der Waals surface area contributed by atoms with Gasteiger partial charge in [-0.2, -0.15) is 0 Å². The Morgan fingerprint density at radius 2 is 2.16 bits per heavy atom. The molecule has 4 rings (SSSR count). The molecular formula is C23H29N5O3. The summed E-state index contributed by atoms with van der Waals surface area (Å²) in [6.07, 6.45) is 4.30. The number of hydrogen-bond acceptors (Lipinski definition) is 6. The van der Waals surface area contributed by atoms with Gasteiger partial charge in [0.05, 0.1) is 19.3 Å². The second-order valence-electron chi connectivity index (χ2n) is 7.92. The van der Waals surface area contributed by atoms with Crippen LogP contribution in [0.15, 0.2) is 42.6 Å². The predicted molar refractivity (Wildman–Crippen MR) is 118 cm³/mol. The average molecular weight is 424 g/mol. The Kier molecular flexibility index (Phi) is 6.79. The summed E-state index contributed by atoms with van der Waals surface area (Å²) < 4.78 is 7.48. The zero-order chi connectivity index (χ0) is 21.6. The van der Waals surface area contributed by atoms with Crippen LogP contribution in [0, 0.1) is 0 Å². The molecule has 1 aromatic heterocycles. The predicted octanol–water partition coefficient (Wildman–Crippen LogP) is 2.39. The Balaban J connectivity index is 1.47. The van der Waals surface area contributed by atoms with E-state index in [4.69, 9.17) is 9.84 Å². The molecule has 3 aromatic rings. The number of ether oxygens (including phenoxy) is 1. The molecule has 1 amide bonds. The molecule has 2 aromatic carbocycles. The third kappa shape index (κ3) is 4.86. The monoisotopic (exact) mass is 423 g/mol. The van der Waals surface area contributed by atoms with Crippen LogP contribution in [0.2, 0.25) is 0 Å². The van der Waals surface area contributed by atoms with Crippen LogP contribution in [0.3, 0.4) is 0 Å². The highest BCUT2D eigenvalue weighted by Crippen LogP contribution is 2.31. The zero-order valence-electron chi connectivity index (χ0n) is 17.8. The maximum absolute atomic E-state index is 12.2. The van der Waals surface area contributed by atoms with Crippen molar-refractivity contribution in [3.63, 3.8) is 0 Å². The number of methoxy groups -OCH3 is 1. The van der Waals surface area contributed by atoms with E-state index < -0.39 is 0 Å². The van der Waals surface area contributed by atoms with E-state index in [0.717, 1.165) is 38.2 Å². The molecule has 1 aliphatic rings. The first-order valence-corrected chi connectivity index (χ1v) is 10.8. The van der Waals surface area contributed by atoms with Crippen molar-refractivity contribution in [3.8, 4) is 5.75 Å². The SMILES string of the molecule is COc1ccc2ccccc2c1CN1CCC[C@H](n2cc(C(=O)NCCCO)nn2)C1. The van der Waals surface area contributed by atoms with Gasteiger partial charge in [-0.05, 0) is 42.6 Å². The van der Waals surface area contributed by atoms with Crippen LogP contribution >= 0.6 is 0 Å². The summed E-state index contributed by atoms with van der Waals surface area (Å²) in [7, 11) is 1.72. The fourth-order valence-corrected chi connectivity index (χ4v) is 4.22. The molecule has 0 bridgehead atoms. The van der Waals surface area contributed by atoms with Gasteiger partial charge in [0.15, 0.2) is 5.69 Å². The molecule has 0 spiro atoms. The molecule has 8 heteroatoms. The van der Waals surface area contributed by atoms with E-state index in [1.807, 2.05) is 10.7 Å². The molecular weight excluding hydrogens is 394 g/mol. The number of nitrogens with one attached hydrogen (secondary N) is 1. The third-order valence-electron chi connectivity index (χ3n) is 5.82. The lowest BCUT2D eigenvalue weighted by atomic mass is 10.0. The van der Waals surface area contributed by atoms with E-state index >= 15 is 0 Å². The lowest BCUT2D eigenvalue weighted by Gasteiger charge is -2.33. The number of fused-ring (bicyclic) bond motifs is 1. The largest absolute Gasteiger partial charge is 0.496 e. The second-order valence-corrected chi connectivity index (χ2v) is 7.92. The summed E-state index contributed by atoms with van der Waals surface area (Å²) in [5, 5.41) is 22.3. The summed E-state index contributed by atoms with van der Waals surface area (Å²) in [6.45, 7) is 3.11. The van der Waals surface area contributed by atoms with Crippen molar-refractivity contribution in [2.45, 2.75) is 31.8 Å². The Morgan fingerprint density at radius 3 is 3.00 bits per heavy atom. The van der Waals surface area contributed by atoms with Gasteiger partial charge in [-0.3, -0.25) is 9.69 Å². The Labute approximate surface area is 181 Å². The molecule has 0 aliphatic carbocycles. The van der Waals surface area contributed by atoms with E-state index in [1.165, 1.54) is 16.3 Å². The first-order valence-electron chi connectivity index (χ1n) is 10.8. The van der Waals surface area contributed by atoms with E-state index in [9.17, 15) is 4.79 Å². The van der Waals surface area contributed by atoms with E-state index in [0.29, 0.717) is 18.7 Å². The van der Waals surface area contributed by atoms with Crippen LogP contribution in [0.25, 0.3) is 10.8 Å². The van der Waals surface area contributed by atoms with E-state index in [2.05, 4.69) is 50.9 Å². The fourth-order valence-electron chi connectivity index (χ4n) is 4.22. The molecule has 1 atom stereocenters. The third-order valence-corrected chi connectivity index (χ3v) is 5.82. The number of aliphatic hydroxyl groups excluding tert-OH is 1. The van der Waals surface area contributed by atoms with Gasteiger partial charge in [-0.1, -0.05) is 35.5 Å². The van der Waals surface area contributed by atoms with Crippen molar-refractivity contribution in [1.82, 2.24) is 25.2 Å². The van der Waals surface area contributed by atoms with Crippen molar-refractivity contribution in [2.75, 3.05) is 33.4 Å². The van der Waals surface area contributed by atoms with Crippen LogP contribution in [0.5, 0.6) is 5.75 Å². The Bertz CT molecular complexity index is 1030. The van der Waals surface area contributed by atoms with E-state index in [1.54, 1.807) is 13.3 Å². The second kappa shape index (κ2) is 9.89. The highest BCUT2D eigenvalue weighted by atomic mass is 16.5. The molecule has 164 valence electrons. The minimum atomic E-state index is -0.257. The lowest BCUT2D eigenvalue weighted by Crippen LogP contribution is -2.36. The molecule has 0 unspecified atom stereocenters. The van der Waals surface area contributed by atoms with Gasteiger partial charge in [-0.25, -0.2) is 4.68 Å². The number of aromatic nitrogens is 3. The molecule has 1 fully saturated rings. The number of piperidine rings is 1. The number of likely N-dealkylation sites (tertiary alicyclic amines) is 1.